The molecule has 1 heterocycles. The van der Waals surface area contributed by atoms with Crippen LogP contribution in [0.5, 0.6) is 0 Å². The molecule has 0 fully saturated rings. The zero-order valence-electron chi connectivity index (χ0n) is 11.9. The number of halogens is 1. The molecule has 3 N–H and O–H groups in total. The van der Waals surface area contributed by atoms with E-state index in [0.717, 1.165) is 0 Å². The number of nitrogens with two attached hydrogens (primary N) is 1. The summed E-state index contributed by atoms with van der Waals surface area (Å²) >= 11 is 0. The number of rotatable bonds is 3. The van der Waals surface area contributed by atoms with Crippen molar-refractivity contribution >= 4 is 11.3 Å². The van der Waals surface area contributed by atoms with E-state index in [0.29, 0.717) is 28.2 Å². The second kappa shape index (κ2) is 5.75. The third-order valence-corrected chi connectivity index (χ3v) is 3.06. The largest absolute Gasteiger partial charge is 0.402 e. The fraction of sp³-hybridized carbons (Fsp3) is 0.125. The molecule has 0 bridgehead atoms. The third kappa shape index (κ3) is 3.08. The van der Waals surface area contributed by atoms with Crippen LogP contribution in [0.1, 0.15) is 19.4 Å². The van der Waals surface area contributed by atoms with Crippen molar-refractivity contribution in [3.8, 4) is 5.69 Å². The van der Waals surface area contributed by atoms with E-state index in [1.165, 1.54) is 28.8 Å². The van der Waals surface area contributed by atoms with Gasteiger partial charge in [0.1, 0.15) is 5.82 Å². The maximum absolute atomic E-state index is 13.3. The molecule has 0 radical (unpaired) electrons. The Balaban J connectivity index is 2.66. The van der Waals surface area contributed by atoms with Crippen LogP contribution in [0.25, 0.3) is 11.3 Å². The second-order valence-electron chi connectivity index (χ2n) is 4.79. The van der Waals surface area contributed by atoms with E-state index < -0.39 is 5.82 Å². The van der Waals surface area contributed by atoms with Crippen molar-refractivity contribution in [2.24, 2.45) is 5.73 Å². The Hall–Kier alpha value is -2.69. The Morgan fingerprint density at radius 3 is 2.52 bits per heavy atom. The van der Waals surface area contributed by atoms with Gasteiger partial charge >= 0.3 is 0 Å². The lowest BCUT2D eigenvalue weighted by atomic mass is 10.0. The highest BCUT2D eigenvalue weighted by atomic mass is 19.1. The fourth-order valence-corrected chi connectivity index (χ4v) is 2.20. The summed E-state index contributed by atoms with van der Waals surface area (Å²) < 4.78 is 14.7. The van der Waals surface area contributed by atoms with E-state index in [1.54, 1.807) is 32.2 Å². The predicted molar refractivity (Wildman–Crippen MR) is 82.2 cm³/mol. The van der Waals surface area contributed by atoms with Gasteiger partial charge in [-0.05, 0) is 38.1 Å². The number of pyridine rings is 1. The average molecular weight is 285 g/mol. The van der Waals surface area contributed by atoms with Gasteiger partial charge in [0.2, 0.25) is 0 Å². The van der Waals surface area contributed by atoms with Crippen molar-refractivity contribution < 1.29 is 4.39 Å². The minimum atomic E-state index is -0.418. The molecule has 0 spiro atoms. The Morgan fingerprint density at radius 2 is 1.95 bits per heavy atom. The molecule has 21 heavy (non-hydrogen) atoms. The van der Waals surface area contributed by atoms with Crippen molar-refractivity contribution in [1.82, 2.24) is 4.57 Å². The minimum absolute atomic E-state index is 0.277. The number of hydrogen-bond donors (Lipinski definition) is 2. The van der Waals surface area contributed by atoms with Gasteiger partial charge in [0.25, 0.3) is 5.56 Å². The van der Waals surface area contributed by atoms with Gasteiger partial charge in [-0.25, -0.2) is 4.39 Å². The van der Waals surface area contributed by atoms with Gasteiger partial charge in [-0.3, -0.25) is 9.36 Å². The summed E-state index contributed by atoms with van der Waals surface area (Å²) in [6.07, 6.45) is 1.57. The van der Waals surface area contributed by atoms with Crippen LogP contribution >= 0.6 is 0 Å². The molecule has 5 heteroatoms. The standard InChI is InChI=1S/C16H16FN3O/c1-10(18)16(11(2)19)12-6-7-15(21)20(9-12)14-5-3-4-13(17)8-14/h3-9,18H,19H2,1-2H3/b16-11+,18-10?. The van der Waals surface area contributed by atoms with Crippen molar-refractivity contribution in [1.29, 1.82) is 5.41 Å². The molecule has 0 saturated heterocycles. The number of aromatic nitrogens is 1. The fourth-order valence-electron chi connectivity index (χ4n) is 2.20. The van der Waals surface area contributed by atoms with Gasteiger partial charge in [0.05, 0.1) is 5.69 Å². The van der Waals surface area contributed by atoms with Gasteiger partial charge in [-0.2, -0.15) is 0 Å². The van der Waals surface area contributed by atoms with Crippen LogP contribution in [-0.4, -0.2) is 10.3 Å². The lowest BCUT2D eigenvalue weighted by molar-refractivity contribution is 0.626. The Morgan fingerprint density at radius 1 is 1.24 bits per heavy atom. The number of benzene rings is 1. The molecule has 2 aromatic rings. The maximum Gasteiger partial charge on any atom is 0.255 e. The number of hydrogen-bond acceptors (Lipinski definition) is 3. The Bertz CT molecular complexity index is 786. The van der Waals surface area contributed by atoms with Crippen molar-refractivity contribution in [2.75, 3.05) is 0 Å². The van der Waals surface area contributed by atoms with E-state index in [1.807, 2.05) is 0 Å². The molecule has 0 unspecified atom stereocenters. The Kier molecular flexibility index (Phi) is 4.03. The first-order valence-electron chi connectivity index (χ1n) is 6.41. The van der Waals surface area contributed by atoms with Crippen LogP contribution in [0.2, 0.25) is 0 Å². The first kappa shape index (κ1) is 14.7. The zero-order valence-corrected chi connectivity index (χ0v) is 11.9. The first-order valence-corrected chi connectivity index (χ1v) is 6.41. The molecule has 1 aromatic heterocycles. The van der Waals surface area contributed by atoms with E-state index in [2.05, 4.69) is 0 Å². The van der Waals surface area contributed by atoms with Gasteiger partial charge in [0, 0.05) is 34.8 Å². The molecule has 108 valence electrons. The average Bonchev–Trinajstić information content (AvgIpc) is 2.40. The van der Waals surface area contributed by atoms with Gasteiger partial charge in [-0.1, -0.05) is 6.07 Å². The summed E-state index contributed by atoms with van der Waals surface area (Å²) in [7, 11) is 0. The van der Waals surface area contributed by atoms with E-state index in [-0.39, 0.29) is 5.56 Å². The molecule has 0 aliphatic carbocycles. The summed E-state index contributed by atoms with van der Waals surface area (Å²) in [4.78, 5) is 12.0. The highest BCUT2D eigenvalue weighted by Crippen LogP contribution is 2.18. The van der Waals surface area contributed by atoms with Crippen LogP contribution in [0.3, 0.4) is 0 Å². The summed E-state index contributed by atoms with van der Waals surface area (Å²) in [5.74, 6) is -0.418. The zero-order chi connectivity index (χ0) is 15.6. The summed E-state index contributed by atoms with van der Waals surface area (Å²) in [5.41, 5.74) is 7.98. The first-order chi connectivity index (χ1) is 9.90. The third-order valence-electron chi connectivity index (χ3n) is 3.06. The molecule has 0 amide bonds. The van der Waals surface area contributed by atoms with Crippen molar-refractivity contribution in [3.63, 3.8) is 0 Å². The Labute approximate surface area is 121 Å². The molecule has 0 aliphatic rings. The predicted octanol–water partition coefficient (Wildman–Crippen LogP) is 2.71. The van der Waals surface area contributed by atoms with Crippen LogP contribution < -0.4 is 11.3 Å². The SMILES string of the molecule is CC(=N)/C(=C(/C)N)c1ccc(=O)n(-c2cccc(F)c2)c1. The monoisotopic (exact) mass is 285 g/mol. The summed E-state index contributed by atoms with van der Waals surface area (Å²) in [6, 6.07) is 8.77. The molecule has 0 atom stereocenters. The maximum atomic E-state index is 13.3. The van der Waals surface area contributed by atoms with Crippen LogP contribution in [0.15, 0.2) is 53.1 Å². The van der Waals surface area contributed by atoms with Crippen LogP contribution in [0, 0.1) is 11.2 Å². The lowest BCUT2D eigenvalue weighted by Crippen LogP contribution is -2.18. The molecule has 4 nitrogen and oxygen atoms in total. The molecular formula is C16H16FN3O. The molecule has 0 aliphatic heterocycles. The molecule has 2 rings (SSSR count). The number of allylic oxidation sites excluding steroid dienone is 2. The van der Waals surface area contributed by atoms with Crippen LogP contribution in [0.4, 0.5) is 4.39 Å². The van der Waals surface area contributed by atoms with E-state index >= 15 is 0 Å². The highest BCUT2D eigenvalue weighted by Gasteiger charge is 2.10. The summed E-state index contributed by atoms with van der Waals surface area (Å²) in [6.45, 7) is 3.33. The molecule has 0 saturated carbocycles. The van der Waals surface area contributed by atoms with Gasteiger partial charge < -0.3 is 11.1 Å². The number of nitrogens with zero attached hydrogens (tertiary/aromatic N) is 1. The van der Waals surface area contributed by atoms with E-state index in [4.69, 9.17) is 11.1 Å². The van der Waals surface area contributed by atoms with Crippen molar-refractivity contribution in [3.05, 3.63) is 70.0 Å². The minimum Gasteiger partial charge on any atom is -0.402 e. The van der Waals surface area contributed by atoms with E-state index in [9.17, 15) is 9.18 Å². The lowest BCUT2D eigenvalue weighted by Gasteiger charge is -2.12. The van der Waals surface area contributed by atoms with Gasteiger partial charge in [0.15, 0.2) is 0 Å². The van der Waals surface area contributed by atoms with Crippen LogP contribution in [-0.2, 0) is 0 Å². The topological polar surface area (TPSA) is 71.9 Å². The molecule has 1 aromatic carbocycles. The van der Waals surface area contributed by atoms with Crippen molar-refractivity contribution in [2.45, 2.75) is 13.8 Å². The normalized spacial score (nSPS) is 12.0. The highest BCUT2D eigenvalue weighted by molar-refractivity contribution is 6.21. The smallest absolute Gasteiger partial charge is 0.255 e. The quantitative estimate of drug-likeness (QED) is 0.851. The van der Waals surface area contributed by atoms with Gasteiger partial charge in [-0.15, -0.1) is 0 Å². The molecular weight excluding hydrogens is 269 g/mol. The second-order valence-corrected chi connectivity index (χ2v) is 4.79. The summed E-state index contributed by atoms with van der Waals surface area (Å²) in [5, 5.41) is 7.80. The number of nitrogens with one attached hydrogen (secondary N) is 1.